The Labute approximate surface area is 437 Å². The maximum atomic E-state index is 12.8. The lowest BCUT2D eigenvalue weighted by atomic mass is 10.0. The number of carboxylic acid groups (broad SMARTS) is 1. The highest BCUT2D eigenvalue weighted by Crippen LogP contribution is 2.16. The summed E-state index contributed by atoms with van der Waals surface area (Å²) in [5.74, 6) is -2.32. The molecule has 0 aliphatic rings. The van der Waals surface area contributed by atoms with E-state index in [2.05, 4.69) is 86.8 Å². The number of esters is 2. The van der Waals surface area contributed by atoms with Gasteiger partial charge in [-0.15, -0.1) is 0 Å². The summed E-state index contributed by atoms with van der Waals surface area (Å²) in [5, 5.41) is 11.7. The van der Waals surface area contributed by atoms with Crippen LogP contribution in [0.15, 0.2) is 72.9 Å². The number of carbonyl (C=O) groups is 3. The van der Waals surface area contributed by atoms with Crippen LogP contribution in [0.1, 0.15) is 245 Å². The van der Waals surface area contributed by atoms with E-state index in [0.717, 1.165) is 70.6 Å². The molecule has 0 saturated heterocycles. The number of hydrogen-bond acceptors (Lipinski definition) is 8. The predicted octanol–water partition coefficient (Wildman–Crippen LogP) is 15.7. The molecule has 0 spiro atoms. The van der Waals surface area contributed by atoms with Crippen LogP contribution in [0.3, 0.4) is 0 Å². The highest BCUT2D eigenvalue weighted by Gasteiger charge is 2.22. The first-order chi connectivity index (χ1) is 34.6. The van der Waals surface area contributed by atoms with Crippen molar-refractivity contribution in [2.24, 2.45) is 0 Å². The number of nitrogens with zero attached hydrogens (tertiary/aromatic N) is 1. The molecule has 71 heavy (non-hydrogen) atoms. The number of likely N-dealkylation sites (N-methyl/N-ethyl adjacent to an activating group) is 1. The molecular formula is C62H109NO8. The first kappa shape index (κ1) is 67.7. The van der Waals surface area contributed by atoms with Crippen LogP contribution in [0.25, 0.3) is 0 Å². The fourth-order valence-electron chi connectivity index (χ4n) is 7.97. The van der Waals surface area contributed by atoms with E-state index in [1.54, 1.807) is 0 Å². The van der Waals surface area contributed by atoms with Crippen LogP contribution >= 0.6 is 0 Å². The van der Waals surface area contributed by atoms with Gasteiger partial charge in [0.05, 0.1) is 40.3 Å². The van der Waals surface area contributed by atoms with E-state index in [-0.39, 0.29) is 38.6 Å². The van der Waals surface area contributed by atoms with Gasteiger partial charge >= 0.3 is 11.9 Å². The normalized spacial score (nSPS) is 13.3. The standard InChI is InChI=1S/C62H109NO8/c1-6-8-10-12-14-16-18-20-21-22-23-24-25-26-27-28-29-30-31-32-33-34-35-36-37-38-39-41-43-45-47-49-51-53-60(65)71-58(57-70-62(61(66)67)68-55-54-63(3,4)5)56-69-59(64)52-50-48-46-44-42-40-19-17-15-13-11-9-7-2/h9,11,15,17-18,20,22-23,25-26,40,42,58,62H,6-8,10,12-14,16,19,21,24,27-39,41,43-57H2,1-5H3/b11-9-,17-15-,20-18-,23-22-,26-25-,42-40-. The molecule has 0 aliphatic heterocycles. The molecule has 0 amide bonds. The highest BCUT2D eigenvalue weighted by atomic mass is 16.7. The summed E-state index contributed by atoms with van der Waals surface area (Å²) in [6.45, 7) is 4.59. The summed E-state index contributed by atoms with van der Waals surface area (Å²) in [6, 6.07) is 0. The van der Waals surface area contributed by atoms with Gasteiger partial charge in [-0.25, -0.2) is 0 Å². The van der Waals surface area contributed by atoms with E-state index in [1.807, 2.05) is 21.1 Å². The van der Waals surface area contributed by atoms with Crippen molar-refractivity contribution >= 4 is 17.9 Å². The van der Waals surface area contributed by atoms with Gasteiger partial charge in [0, 0.05) is 12.8 Å². The predicted molar refractivity (Wildman–Crippen MR) is 297 cm³/mol. The van der Waals surface area contributed by atoms with Crippen LogP contribution in [-0.4, -0.2) is 82.3 Å². The summed E-state index contributed by atoms with van der Waals surface area (Å²) < 4.78 is 22.6. The summed E-state index contributed by atoms with van der Waals surface area (Å²) in [7, 11) is 5.91. The van der Waals surface area contributed by atoms with Gasteiger partial charge in [0.2, 0.25) is 0 Å². The Hall–Kier alpha value is -3.27. The van der Waals surface area contributed by atoms with Crippen LogP contribution in [0.5, 0.6) is 0 Å². The van der Waals surface area contributed by atoms with Gasteiger partial charge in [-0.05, 0) is 83.5 Å². The van der Waals surface area contributed by atoms with Gasteiger partial charge < -0.3 is 33.3 Å². The van der Waals surface area contributed by atoms with E-state index in [4.69, 9.17) is 18.9 Å². The number of ether oxygens (including phenoxy) is 4. The number of hydrogen-bond donors (Lipinski definition) is 0. The SMILES string of the molecule is CC/C=C\C/C=C\C/C=C\CCCCCC(=O)OCC(COC(OCC[N+](C)(C)C)C(=O)[O-])OC(=O)CCCCCCCCCCCCCCCCCCCC/C=C\C/C=C\C/C=C\CCCCCCC. The average Bonchev–Trinajstić information content (AvgIpc) is 3.34. The number of unbranched alkanes of at least 4 members (excludes halogenated alkanes) is 26. The van der Waals surface area contributed by atoms with Crippen molar-refractivity contribution in [3.8, 4) is 0 Å². The summed E-state index contributed by atoms with van der Waals surface area (Å²) in [6.07, 6.45) is 65.5. The Bertz CT molecular complexity index is 1390. The second-order valence-electron chi connectivity index (χ2n) is 20.5. The Morgan fingerprint density at radius 3 is 1.21 bits per heavy atom. The molecule has 0 N–H and O–H groups in total. The molecule has 0 aromatic carbocycles. The van der Waals surface area contributed by atoms with Crippen molar-refractivity contribution in [3.63, 3.8) is 0 Å². The largest absolute Gasteiger partial charge is 0.545 e. The minimum atomic E-state index is -1.63. The zero-order chi connectivity index (χ0) is 52.0. The molecule has 2 unspecified atom stereocenters. The molecule has 0 bridgehead atoms. The monoisotopic (exact) mass is 996 g/mol. The van der Waals surface area contributed by atoms with Crippen LogP contribution in [0, 0.1) is 0 Å². The highest BCUT2D eigenvalue weighted by molar-refractivity contribution is 5.70. The molecule has 0 aromatic heterocycles. The van der Waals surface area contributed by atoms with Crippen LogP contribution in [-0.2, 0) is 33.3 Å². The number of rotatable bonds is 53. The first-order valence-electron chi connectivity index (χ1n) is 29.1. The van der Waals surface area contributed by atoms with Gasteiger partial charge in [0.25, 0.3) is 0 Å². The maximum absolute atomic E-state index is 12.8. The number of aliphatic carboxylic acids is 1. The third-order valence-corrected chi connectivity index (χ3v) is 12.4. The van der Waals surface area contributed by atoms with Crippen LogP contribution in [0.4, 0.5) is 0 Å². The Kier molecular flexibility index (Phi) is 50.6. The fourth-order valence-corrected chi connectivity index (χ4v) is 7.97. The fraction of sp³-hybridized carbons (Fsp3) is 0.758. The Morgan fingerprint density at radius 1 is 0.437 bits per heavy atom. The smallest absolute Gasteiger partial charge is 0.306 e. The van der Waals surface area contributed by atoms with Crippen molar-refractivity contribution in [2.45, 2.75) is 257 Å². The second kappa shape index (κ2) is 53.0. The van der Waals surface area contributed by atoms with E-state index < -0.39 is 24.3 Å². The molecule has 0 fully saturated rings. The lowest BCUT2D eigenvalue weighted by molar-refractivity contribution is -0.870. The molecule has 9 nitrogen and oxygen atoms in total. The molecule has 0 heterocycles. The first-order valence-corrected chi connectivity index (χ1v) is 29.1. The lowest BCUT2D eigenvalue weighted by Crippen LogP contribution is -2.44. The zero-order valence-corrected chi connectivity index (χ0v) is 46.6. The molecule has 0 rings (SSSR count). The number of allylic oxidation sites excluding steroid dienone is 12. The topological polar surface area (TPSA) is 111 Å². The van der Waals surface area contributed by atoms with Crippen molar-refractivity contribution in [3.05, 3.63) is 72.9 Å². The van der Waals surface area contributed by atoms with Gasteiger partial charge in [-0.3, -0.25) is 9.59 Å². The van der Waals surface area contributed by atoms with E-state index in [0.29, 0.717) is 23.9 Å². The molecular weight excluding hydrogens is 887 g/mol. The van der Waals surface area contributed by atoms with Crippen molar-refractivity contribution < 1.29 is 42.9 Å². The van der Waals surface area contributed by atoms with Crippen LogP contribution in [0.2, 0.25) is 0 Å². The number of carboxylic acids is 1. The number of quaternary nitrogens is 1. The zero-order valence-electron chi connectivity index (χ0n) is 46.6. The average molecular weight is 997 g/mol. The quantitative estimate of drug-likeness (QED) is 0.0195. The van der Waals surface area contributed by atoms with Crippen LogP contribution < -0.4 is 5.11 Å². The maximum Gasteiger partial charge on any atom is 0.306 e. The molecule has 410 valence electrons. The molecule has 2 atom stereocenters. The lowest BCUT2D eigenvalue weighted by Gasteiger charge is -2.26. The molecule has 0 aliphatic carbocycles. The van der Waals surface area contributed by atoms with Crippen molar-refractivity contribution in [2.75, 3.05) is 47.5 Å². The Morgan fingerprint density at radius 2 is 0.803 bits per heavy atom. The molecule has 0 aromatic rings. The second-order valence-corrected chi connectivity index (χ2v) is 20.5. The molecule has 9 heteroatoms. The van der Waals surface area contributed by atoms with Gasteiger partial charge in [0.15, 0.2) is 12.4 Å². The Balaban J connectivity index is 4.10. The summed E-state index contributed by atoms with van der Waals surface area (Å²) in [4.78, 5) is 37.2. The van der Waals surface area contributed by atoms with E-state index >= 15 is 0 Å². The summed E-state index contributed by atoms with van der Waals surface area (Å²) in [5.41, 5.74) is 0. The van der Waals surface area contributed by atoms with E-state index in [9.17, 15) is 19.5 Å². The van der Waals surface area contributed by atoms with Crippen molar-refractivity contribution in [1.29, 1.82) is 0 Å². The van der Waals surface area contributed by atoms with Crippen molar-refractivity contribution in [1.82, 2.24) is 0 Å². The minimum Gasteiger partial charge on any atom is -0.545 e. The van der Waals surface area contributed by atoms with E-state index in [1.165, 1.54) is 135 Å². The minimum absolute atomic E-state index is 0.141. The van der Waals surface area contributed by atoms with Gasteiger partial charge in [-0.2, -0.15) is 0 Å². The molecule has 0 radical (unpaired) electrons. The van der Waals surface area contributed by atoms with Gasteiger partial charge in [0.1, 0.15) is 13.2 Å². The van der Waals surface area contributed by atoms with Gasteiger partial charge in [-0.1, -0.05) is 222 Å². The molecule has 0 saturated carbocycles. The third kappa shape index (κ3) is 54.3. The summed E-state index contributed by atoms with van der Waals surface area (Å²) >= 11 is 0. The number of carbonyl (C=O) groups excluding carboxylic acids is 3. The third-order valence-electron chi connectivity index (χ3n) is 12.4.